The van der Waals surface area contributed by atoms with E-state index in [2.05, 4.69) is 0 Å². The largest absolute Gasteiger partial charge is 0.462 e. The van der Waals surface area contributed by atoms with Crippen LogP contribution in [0.2, 0.25) is 5.02 Å². The molecule has 1 saturated heterocycles. The van der Waals surface area contributed by atoms with Crippen LogP contribution in [-0.2, 0) is 9.53 Å². The number of rotatable bonds is 1. The number of amides is 1. The fraction of sp³-hybridized carbons (Fsp3) is 0.385. The monoisotopic (exact) mass is 267 g/mol. The van der Waals surface area contributed by atoms with Crippen LogP contribution in [-0.4, -0.2) is 35.5 Å². The molecule has 0 bridgehead atoms. The Labute approximate surface area is 110 Å². The van der Waals surface area contributed by atoms with Crippen molar-refractivity contribution in [1.29, 1.82) is 0 Å². The number of morpholine rings is 1. The van der Waals surface area contributed by atoms with Gasteiger partial charge < -0.3 is 9.64 Å². The van der Waals surface area contributed by atoms with Crippen LogP contribution < -0.4 is 0 Å². The normalized spacial score (nSPS) is 18.4. The van der Waals surface area contributed by atoms with Crippen molar-refractivity contribution in [2.45, 2.75) is 19.4 Å². The van der Waals surface area contributed by atoms with Crippen LogP contribution in [0.3, 0.4) is 0 Å². The summed E-state index contributed by atoms with van der Waals surface area (Å²) < 4.78 is 4.97. The van der Waals surface area contributed by atoms with Crippen molar-refractivity contribution < 1.29 is 14.3 Å². The second kappa shape index (κ2) is 4.61. The average Bonchev–Trinajstić information content (AvgIpc) is 2.32. The third-order valence-electron chi connectivity index (χ3n) is 3.07. The third kappa shape index (κ3) is 2.08. The molecule has 96 valence electrons. The van der Waals surface area contributed by atoms with Gasteiger partial charge in [-0.1, -0.05) is 23.7 Å². The first-order valence-electron chi connectivity index (χ1n) is 5.68. The van der Waals surface area contributed by atoms with Gasteiger partial charge in [-0.3, -0.25) is 4.79 Å². The molecule has 1 aliphatic heterocycles. The summed E-state index contributed by atoms with van der Waals surface area (Å²) in [5.41, 5.74) is -0.559. The Balaban J connectivity index is 2.34. The Morgan fingerprint density at radius 1 is 1.39 bits per heavy atom. The molecule has 0 radical (unpaired) electrons. The first-order chi connectivity index (χ1) is 8.44. The minimum absolute atomic E-state index is 0.221. The molecule has 2 rings (SSSR count). The van der Waals surface area contributed by atoms with E-state index in [0.29, 0.717) is 17.1 Å². The van der Waals surface area contributed by atoms with Gasteiger partial charge >= 0.3 is 5.97 Å². The van der Waals surface area contributed by atoms with Gasteiger partial charge in [0.1, 0.15) is 12.1 Å². The fourth-order valence-corrected chi connectivity index (χ4v) is 2.15. The number of carbonyl (C=O) groups is 2. The SMILES string of the molecule is CC1(C)C(=O)OCCN1C(=O)c1ccccc1Cl. The minimum atomic E-state index is -0.964. The van der Waals surface area contributed by atoms with Crippen molar-refractivity contribution in [2.24, 2.45) is 0 Å². The molecule has 18 heavy (non-hydrogen) atoms. The maximum atomic E-state index is 12.4. The Morgan fingerprint density at radius 3 is 2.72 bits per heavy atom. The zero-order valence-electron chi connectivity index (χ0n) is 10.3. The number of benzene rings is 1. The highest BCUT2D eigenvalue weighted by atomic mass is 35.5. The minimum Gasteiger partial charge on any atom is -0.462 e. The molecule has 0 saturated carbocycles. The van der Waals surface area contributed by atoms with E-state index in [1.807, 2.05) is 0 Å². The van der Waals surface area contributed by atoms with E-state index in [0.717, 1.165) is 0 Å². The number of hydrogen-bond donors (Lipinski definition) is 0. The third-order valence-corrected chi connectivity index (χ3v) is 3.40. The molecule has 0 atom stereocenters. The van der Waals surface area contributed by atoms with Gasteiger partial charge in [-0.2, -0.15) is 0 Å². The zero-order chi connectivity index (χ0) is 13.3. The summed E-state index contributed by atoms with van der Waals surface area (Å²) in [5.74, 6) is -0.642. The number of carbonyl (C=O) groups excluding carboxylic acids is 2. The molecule has 1 heterocycles. The second-order valence-electron chi connectivity index (χ2n) is 4.63. The molecule has 4 nitrogen and oxygen atoms in total. The Hall–Kier alpha value is -1.55. The number of esters is 1. The van der Waals surface area contributed by atoms with Gasteiger partial charge in [0.15, 0.2) is 0 Å². The summed E-state index contributed by atoms with van der Waals surface area (Å²) in [6.45, 7) is 3.94. The quantitative estimate of drug-likeness (QED) is 0.732. The summed E-state index contributed by atoms with van der Waals surface area (Å²) in [4.78, 5) is 25.6. The molecular weight excluding hydrogens is 254 g/mol. The molecule has 1 amide bonds. The maximum absolute atomic E-state index is 12.4. The highest BCUT2D eigenvalue weighted by molar-refractivity contribution is 6.33. The number of ether oxygens (including phenoxy) is 1. The first kappa shape index (κ1) is 12.9. The van der Waals surface area contributed by atoms with Gasteiger partial charge in [-0.05, 0) is 26.0 Å². The number of nitrogens with zero attached hydrogens (tertiary/aromatic N) is 1. The number of halogens is 1. The predicted octanol–water partition coefficient (Wildman–Crippen LogP) is 2.12. The molecule has 1 aromatic carbocycles. The summed E-state index contributed by atoms with van der Waals surface area (Å²) in [5, 5.41) is 0.386. The molecular formula is C13H14ClNO3. The highest BCUT2D eigenvalue weighted by Gasteiger charge is 2.42. The maximum Gasteiger partial charge on any atom is 0.331 e. The van der Waals surface area contributed by atoms with Crippen LogP contribution >= 0.6 is 11.6 Å². The van der Waals surface area contributed by atoms with E-state index in [4.69, 9.17) is 16.3 Å². The van der Waals surface area contributed by atoms with Gasteiger partial charge in [0.05, 0.1) is 17.1 Å². The second-order valence-corrected chi connectivity index (χ2v) is 5.04. The fourth-order valence-electron chi connectivity index (χ4n) is 1.93. The summed E-state index contributed by atoms with van der Waals surface area (Å²) in [6.07, 6.45) is 0. The number of cyclic esters (lactones) is 1. The van der Waals surface area contributed by atoms with Crippen molar-refractivity contribution >= 4 is 23.5 Å². The summed E-state index contributed by atoms with van der Waals surface area (Å²) in [7, 11) is 0. The van der Waals surface area contributed by atoms with Crippen LogP contribution in [0.15, 0.2) is 24.3 Å². The van der Waals surface area contributed by atoms with E-state index in [9.17, 15) is 9.59 Å². The van der Waals surface area contributed by atoms with E-state index >= 15 is 0 Å². The van der Waals surface area contributed by atoms with Crippen molar-refractivity contribution in [2.75, 3.05) is 13.2 Å². The lowest BCUT2D eigenvalue weighted by atomic mass is 10.00. The van der Waals surface area contributed by atoms with Crippen LogP contribution in [0.1, 0.15) is 24.2 Å². The smallest absolute Gasteiger partial charge is 0.331 e. The van der Waals surface area contributed by atoms with Crippen LogP contribution in [0.25, 0.3) is 0 Å². The van der Waals surface area contributed by atoms with Crippen molar-refractivity contribution in [1.82, 2.24) is 4.90 Å². The van der Waals surface area contributed by atoms with Gasteiger partial charge in [-0.15, -0.1) is 0 Å². The van der Waals surface area contributed by atoms with Gasteiger partial charge in [0, 0.05) is 0 Å². The van der Waals surface area contributed by atoms with Crippen molar-refractivity contribution in [3.63, 3.8) is 0 Å². The molecule has 0 N–H and O–H groups in total. The lowest BCUT2D eigenvalue weighted by molar-refractivity contribution is -0.162. The lowest BCUT2D eigenvalue weighted by Crippen LogP contribution is -2.58. The summed E-state index contributed by atoms with van der Waals surface area (Å²) in [6, 6.07) is 6.81. The molecule has 0 aromatic heterocycles. The van der Waals surface area contributed by atoms with Crippen LogP contribution in [0, 0.1) is 0 Å². The number of hydrogen-bond acceptors (Lipinski definition) is 3. The summed E-state index contributed by atoms with van der Waals surface area (Å²) >= 11 is 6.00. The van der Waals surface area contributed by atoms with E-state index in [1.54, 1.807) is 38.1 Å². The van der Waals surface area contributed by atoms with Crippen molar-refractivity contribution in [3.8, 4) is 0 Å². The van der Waals surface area contributed by atoms with Gasteiger partial charge in [0.2, 0.25) is 0 Å². The van der Waals surface area contributed by atoms with Crippen LogP contribution in [0.5, 0.6) is 0 Å². The molecule has 0 unspecified atom stereocenters. The molecule has 1 aliphatic rings. The lowest BCUT2D eigenvalue weighted by Gasteiger charge is -2.40. The highest BCUT2D eigenvalue weighted by Crippen LogP contribution is 2.25. The average molecular weight is 268 g/mol. The van der Waals surface area contributed by atoms with E-state index in [1.165, 1.54) is 4.90 Å². The first-order valence-corrected chi connectivity index (χ1v) is 6.06. The zero-order valence-corrected chi connectivity index (χ0v) is 11.0. The van der Waals surface area contributed by atoms with Crippen LogP contribution in [0.4, 0.5) is 0 Å². The molecule has 1 fully saturated rings. The van der Waals surface area contributed by atoms with E-state index in [-0.39, 0.29) is 12.5 Å². The van der Waals surface area contributed by atoms with E-state index < -0.39 is 11.5 Å². The molecule has 0 spiro atoms. The van der Waals surface area contributed by atoms with Gasteiger partial charge in [-0.25, -0.2) is 4.79 Å². The molecule has 0 aliphatic carbocycles. The molecule has 1 aromatic rings. The molecule has 5 heteroatoms. The Kier molecular flexibility index (Phi) is 3.30. The van der Waals surface area contributed by atoms with Crippen molar-refractivity contribution in [3.05, 3.63) is 34.9 Å². The Bertz CT molecular complexity index is 499. The Morgan fingerprint density at radius 2 is 2.06 bits per heavy atom. The standard InChI is InChI=1S/C13H14ClNO3/c1-13(2)12(17)18-8-7-15(13)11(16)9-5-3-4-6-10(9)14/h3-6H,7-8H2,1-2H3. The van der Waals surface area contributed by atoms with Gasteiger partial charge in [0.25, 0.3) is 5.91 Å². The predicted molar refractivity (Wildman–Crippen MR) is 67.5 cm³/mol. The topological polar surface area (TPSA) is 46.6 Å².